The number of benzene rings is 1. The van der Waals surface area contributed by atoms with Gasteiger partial charge in [0, 0.05) is 24.4 Å². The van der Waals surface area contributed by atoms with E-state index in [-0.39, 0.29) is 12.3 Å². The molecule has 35 heavy (non-hydrogen) atoms. The summed E-state index contributed by atoms with van der Waals surface area (Å²) in [6.45, 7) is 6.43. The highest BCUT2D eigenvalue weighted by Gasteiger charge is 2.24. The summed E-state index contributed by atoms with van der Waals surface area (Å²) in [7, 11) is 0. The molecule has 1 aromatic carbocycles. The van der Waals surface area contributed by atoms with E-state index < -0.39 is 11.9 Å². The van der Waals surface area contributed by atoms with Gasteiger partial charge in [-0.2, -0.15) is 5.10 Å². The van der Waals surface area contributed by atoms with Crippen molar-refractivity contribution in [1.82, 2.24) is 29.3 Å². The molecule has 1 amide bonds. The van der Waals surface area contributed by atoms with Gasteiger partial charge in [0.15, 0.2) is 12.1 Å². The van der Waals surface area contributed by atoms with Crippen molar-refractivity contribution >= 4 is 16.8 Å². The zero-order valence-electron chi connectivity index (χ0n) is 20.1. The van der Waals surface area contributed by atoms with Crippen LogP contribution in [0.25, 0.3) is 33.8 Å². The van der Waals surface area contributed by atoms with Crippen molar-refractivity contribution in [3.05, 3.63) is 43.0 Å². The SMILES string of the molecule is CC(C)Oc1ccc2c(c1)c(-c1nccc(-c3cn(C(C)C(N)=O)cn3)n1)nn2C1CCCCO1. The molecule has 2 N–H and O–H groups in total. The minimum atomic E-state index is -0.507. The lowest BCUT2D eigenvalue weighted by molar-refractivity contribution is -0.120. The number of aromatic nitrogens is 6. The fraction of sp³-hybridized carbons (Fsp3) is 0.400. The molecule has 0 aliphatic carbocycles. The number of rotatable bonds is 7. The summed E-state index contributed by atoms with van der Waals surface area (Å²) in [6, 6.07) is 7.22. The average molecular weight is 476 g/mol. The summed E-state index contributed by atoms with van der Waals surface area (Å²) in [5.74, 6) is 0.799. The van der Waals surface area contributed by atoms with Crippen molar-refractivity contribution in [1.29, 1.82) is 0 Å². The second kappa shape index (κ2) is 9.46. The number of nitrogens with two attached hydrogens (primary N) is 1. The Bertz CT molecular complexity index is 1350. The van der Waals surface area contributed by atoms with Crippen LogP contribution in [-0.4, -0.2) is 47.9 Å². The van der Waals surface area contributed by atoms with Gasteiger partial charge in [-0.25, -0.2) is 19.6 Å². The molecule has 1 aliphatic rings. The first-order valence-electron chi connectivity index (χ1n) is 11.9. The number of ether oxygens (including phenoxy) is 2. The molecule has 1 saturated heterocycles. The Labute approximate surface area is 203 Å². The lowest BCUT2D eigenvalue weighted by atomic mass is 10.1. The summed E-state index contributed by atoms with van der Waals surface area (Å²) in [6.07, 6.45) is 7.97. The van der Waals surface area contributed by atoms with E-state index in [1.807, 2.05) is 36.7 Å². The number of imidazole rings is 1. The quantitative estimate of drug-likeness (QED) is 0.430. The minimum absolute atomic E-state index is 0.0464. The molecule has 1 aliphatic heterocycles. The number of carbonyl (C=O) groups is 1. The predicted octanol–water partition coefficient (Wildman–Crippen LogP) is 3.89. The van der Waals surface area contributed by atoms with Crippen LogP contribution >= 0.6 is 0 Å². The van der Waals surface area contributed by atoms with Gasteiger partial charge in [0.25, 0.3) is 0 Å². The first-order chi connectivity index (χ1) is 16.9. The van der Waals surface area contributed by atoms with Crippen molar-refractivity contribution in [3.63, 3.8) is 0 Å². The smallest absolute Gasteiger partial charge is 0.240 e. The van der Waals surface area contributed by atoms with Crippen LogP contribution in [0.3, 0.4) is 0 Å². The van der Waals surface area contributed by atoms with Crippen LogP contribution in [0.1, 0.15) is 52.3 Å². The normalized spacial score (nSPS) is 17.1. The highest BCUT2D eigenvalue weighted by molar-refractivity contribution is 5.93. The van der Waals surface area contributed by atoms with Gasteiger partial charge >= 0.3 is 0 Å². The Morgan fingerprint density at radius 2 is 2.03 bits per heavy atom. The fourth-order valence-corrected chi connectivity index (χ4v) is 4.21. The van der Waals surface area contributed by atoms with E-state index in [2.05, 4.69) is 9.97 Å². The van der Waals surface area contributed by atoms with Gasteiger partial charge in [0.1, 0.15) is 23.2 Å². The Morgan fingerprint density at radius 3 is 2.77 bits per heavy atom. The van der Waals surface area contributed by atoms with Gasteiger partial charge in [0.2, 0.25) is 5.91 Å². The lowest BCUT2D eigenvalue weighted by Crippen LogP contribution is -2.22. The van der Waals surface area contributed by atoms with E-state index in [0.29, 0.717) is 29.5 Å². The summed E-state index contributed by atoms with van der Waals surface area (Å²) in [5, 5.41) is 5.81. The number of nitrogens with zero attached hydrogens (tertiary/aromatic N) is 6. The fourth-order valence-electron chi connectivity index (χ4n) is 4.21. The van der Waals surface area contributed by atoms with Crippen LogP contribution in [0.2, 0.25) is 0 Å². The van der Waals surface area contributed by atoms with Gasteiger partial charge < -0.3 is 19.8 Å². The maximum absolute atomic E-state index is 11.6. The third-order valence-corrected chi connectivity index (χ3v) is 6.07. The highest BCUT2D eigenvalue weighted by atomic mass is 16.5. The molecule has 3 aromatic heterocycles. The second-order valence-electron chi connectivity index (χ2n) is 9.01. The number of amides is 1. The molecule has 182 valence electrons. The number of fused-ring (bicyclic) bond motifs is 1. The third kappa shape index (κ3) is 4.61. The number of hydrogen-bond donors (Lipinski definition) is 1. The molecule has 1 fully saturated rings. The molecule has 4 heterocycles. The predicted molar refractivity (Wildman–Crippen MR) is 130 cm³/mol. The molecule has 2 unspecified atom stereocenters. The lowest BCUT2D eigenvalue weighted by Gasteiger charge is -2.23. The zero-order chi connectivity index (χ0) is 24.5. The van der Waals surface area contributed by atoms with Crippen molar-refractivity contribution < 1.29 is 14.3 Å². The van der Waals surface area contributed by atoms with E-state index in [9.17, 15) is 4.79 Å². The van der Waals surface area contributed by atoms with Gasteiger partial charge in [-0.15, -0.1) is 0 Å². The number of primary amides is 1. The summed E-state index contributed by atoms with van der Waals surface area (Å²) in [5.41, 5.74) is 8.26. The largest absolute Gasteiger partial charge is 0.491 e. The zero-order valence-corrected chi connectivity index (χ0v) is 20.1. The molecule has 0 spiro atoms. The van der Waals surface area contributed by atoms with Crippen LogP contribution in [0.4, 0.5) is 0 Å². The van der Waals surface area contributed by atoms with E-state index >= 15 is 0 Å². The standard InChI is InChI=1S/C25H29N7O3/c1-15(2)35-17-7-8-21-18(12-17)23(30-32(21)22-6-4-5-11-34-22)25-27-10-9-19(29-25)20-13-31(14-28-20)16(3)24(26)33/h7-10,12-16,22H,4-6,11H2,1-3H3,(H2,26,33). The van der Waals surface area contributed by atoms with Crippen molar-refractivity contribution in [2.24, 2.45) is 5.73 Å². The van der Waals surface area contributed by atoms with Gasteiger partial charge in [-0.1, -0.05) is 0 Å². The Hall–Kier alpha value is -3.79. The molecule has 10 heteroatoms. The average Bonchev–Trinajstić information content (AvgIpc) is 3.49. The maximum atomic E-state index is 11.6. The molecular weight excluding hydrogens is 446 g/mol. The van der Waals surface area contributed by atoms with E-state index in [4.69, 9.17) is 25.3 Å². The van der Waals surface area contributed by atoms with Gasteiger partial charge in [-0.3, -0.25) is 4.79 Å². The third-order valence-electron chi connectivity index (χ3n) is 6.07. The first kappa shape index (κ1) is 23.0. The van der Waals surface area contributed by atoms with Crippen LogP contribution in [-0.2, 0) is 9.53 Å². The van der Waals surface area contributed by atoms with Crippen LogP contribution in [0.5, 0.6) is 5.75 Å². The van der Waals surface area contributed by atoms with E-state index in [0.717, 1.165) is 35.9 Å². The number of carbonyl (C=O) groups excluding carboxylic acids is 1. The Morgan fingerprint density at radius 1 is 1.17 bits per heavy atom. The molecule has 2 atom stereocenters. The summed E-state index contributed by atoms with van der Waals surface area (Å²) in [4.78, 5) is 25.3. The van der Waals surface area contributed by atoms with Crippen LogP contribution in [0.15, 0.2) is 43.0 Å². The molecule has 10 nitrogen and oxygen atoms in total. The Kier molecular flexibility index (Phi) is 6.21. The molecule has 0 bridgehead atoms. The van der Waals surface area contributed by atoms with Crippen molar-refractivity contribution in [2.45, 2.75) is 58.4 Å². The van der Waals surface area contributed by atoms with Crippen molar-refractivity contribution in [3.8, 4) is 28.7 Å². The topological polar surface area (TPSA) is 123 Å². The molecule has 4 aromatic rings. The van der Waals surface area contributed by atoms with Crippen LogP contribution in [0, 0.1) is 0 Å². The van der Waals surface area contributed by atoms with Crippen LogP contribution < -0.4 is 10.5 Å². The first-order valence-corrected chi connectivity index (χ1v) is 11.9. The number of hydrogen-bond acceptors (Lipinski definition) is 7. The van der Waals surface area contributed by atoms with E-state index in [1.165, 1.54) is 0 Å². The minimum Gasteiger partial charge on any atom is -0.491 e. The highest BCUT2D eigenvalue weighted by Crippen LogP contribution is 2.34. The molecule has 0 radical (unpaired) electrons. The summed E-state index contributed by atoms with van der Waals surface area (Å²) >= 11 is 0. The van der Waals surface area contributed by atoms with Gasteiger partial charge in [0.05, 0.1) is 23.6 Å². The van der Waals surface area contributed by atoms with Crippen molar-refractivity contribution in [2.75, 3.05) is 6.61 Å². The molecule has 5 rings (SSSR count). The monoisotopic (exact) mass is 475 g/mol. The van der Waals surface area contributed by atoms with E-state index in [1.54, 1.807) is 36.3 Å². The van der Waals surface area contributed by atoms with Gasteiger partial charge in [-0.05, 0) is 64.3 Å². The molecular formula is C25H29N7O3. The summed E-state index contributed by atoms with van der Waals surface area (Å²) < 4.78 is 15.6. The molecule has 0 saturated carbocycles. The Balaban J connectivity index is 1.58. The maximum Gasteiger partial charge on any atom is 0.240 e. The second-order valence-corrected chi connectivity index (χ2v) is 9.01.